The molecule has 2 atom stereocenters. The van der Waals surface area contributed by atoms with Gasteiger partial charge >= 0.3 is 0 Å². The number of aldehydes is 1. The van der Waals surface area contributed by atoms with Gasteiger partial charge in [-0.15, -0.1) is 0 Å². The molecule has 1 N–H and O–H groups in total. The zero-order valence-corrected chi connectivity index (χ0v) is 11.6. The highest BCUT2D eigenvalue weighted by atomic mass is 35.5. The van der Waals surface area contributed by atoms with Gasteiger partial charge in [-0.25, -0.2) is 9.97 Å². The predicted octanol–water partition coefficient (Wildman–Crippen LogP) is 0.837. The molecule has 0 aliphatic carbocycles. The molecule has 0 bridgehead atoms. The molecule has 1 aromatic rings. The Bertz CT molecular complexity index is 484. The first kappa shape index (κ1) is 14.2. The van der Waals surface area contributed by atoms with Crippen molar-refractivity contribution in [3.63, 3.8) is 0 Å². The quantitative estimate of drug-likeness (QED) is 0.655. The Morgan fingerprint density at radius 3 is 2.89 bits per heavy atom. The van der Waals surface area contributed by atoms with E-state index >= 15 is 0 Å². The smallest absolute Gasteiger partial charge is 0.156 e. The number of aryl methyl sites for hydroxylation is 1. The summed E-state index contributed by atoms with van der Waals surface area (Å²) < 4.78 is 5.56. The number of aliphatic hydroxyl groups is 1. The molecule has 0 aromatic carbocycles. The van der Waals surface area contributed by atoms with E-state index in [1.165, 1.54) is 0 Å². The lowest BCUT2D eigenvalue weighted by atomic mass is 10.2. The SMILES string of the molecule is Cc1nc(Cl)c(C=O)c(N2CC(C)OC(CO)C2)n1. The minimum atomic E-state index is -0.294. The van der Waals surface area contributed by atoms with Crippen LogP contribution in [0.15, 0.2) is 0 Å². The standard InChI is InChI=1S/C12H16ClN3O3/c1-7-3-16(4-9(5-17)19-7)12-10(6-18)11(13)14-8(2)15-12/h6-7,9,17H,3-5H2,1-2H3. The van der Waals surface area contributed by atoms with Gasteiger partial charge in [-0.05, 0) is 13.8 Å². The summed E-state index contributed by atoms with van der Waals surface area (Å²) in [5, 5.41) is 9.38. The summed E-state index contributed by atoms with van der Waals surface area (Å²) >= 11 is 5.97. The number of nitrogens with zero attached hydrogens (tertiary/aromatic N) is 3. The Morgan fingerprint density at radius 1 is 1.53 bits per heavy atom. The van der Waals surface area contributed by atoms with Crippen molar-refractivity contribution in [2.24, 2.45) is 0 Å². The molecule has 1 aromatic heterocycles. The fourth-order valence-corrected chi connectivity index (χ4v) is 2.45. The van der Waals surface area contributed by atoms with Gasteiger partial charge in [-0.3, -0.25) is 4.79 Å². The minimum absolute atomic E-state index is 0.0561. The van der Waals surface area contributed by atoms with Gasteiger partial charge in [0.05, 0.1) is 24.4 Å². The van der Waals surface area contributed by atoms with Crippen LogP contribution in [-0.4, -0.2) is 53.3 Å². The molecule has 7 heteroatoms. The summed E-state index contributed by atoms with van der Waals surface area (Å²) in [6, 6.07) is 0. The highest BCUT2D eigenvalue weighted by Crippen LogP contribution is 2.25. The molecule has 1 aliphatic heterocycles. The van der Waals surface area contributed by atoms with Crippen molar-refractivity contribution in [2.75, 3.05) is 24.6 Å². The van der Waals surface area contributed by atoms with Crippen molar-refractivity contribution in [2.45, 2.75) is 26.1 Å². The van der Waals surface area contributed by atoms with Gasteiger partial charge in [-0.2, -0.15) is 0 Å². The Kier molecular flexibility index (Phi) is 4.34. The maximum absolute atomic E-state index is 11.2. The van der Waals surface area contributed by atoms with E-state index in [4.69, 9.17) is 16.3 Å². The van der Waals surface area contributed by atoms with Crippen LogP contribution in [0.3, 0.4) is 0 Å². The molecule has 2 rings (SSSR count). The second-order valence-electron chi connectivity index (χ2n) is 4.57. The minimum Gasteiger partial charge on any atom is -0.394 e. The van der Waals surface area contributed by atoms with Gasteiger partial charge in [-0.1, -0.05) is 11.6 Å². The first-order valence-electron chi connectivity index (χ1n) is 6.05. The third kappa shape index (κ3) is 3.02. The highest BCUT2D eigenvalue weighted by Gasteiger charge is 2.28. The number of aromatic nitrogens is 2. The number of hydrogen-bond acceptors (Lipinski definition) is 6. The first-order chi connectivity index (χ1) is 9.05. The van der Waals surface area contributed by atoms with Gasteiger partial charge in [0, 0.05) is 13.1 Å². The molecule has 0 amide bonds. The lowest BCUT2D eigenvalue weighted by molar-refractivity contribution is -0.0423. The van der Waals surface area contributed by atoms with E-state index in [1.54, 1.807) is 6.92 Å². The van der Waals surface area contributed by atoms with Crippen molar-refractivity contribution in [1.29, 1.82) is 0 Å². The van der Waals surface area contributed by atoms with Crippen LogP contribution in [-0.2, 0) is 4.74 Å². The lowest BCUT2D eigenvalue weighted by Gasteiger charge is -2.37. The monoisotopic (exact) mass is 285 g/mol. The molecule has 6 nitrogen and oxygen atoms in total. The highest BCUT2D eigenvalue weighted by molar-refractivity contribution is 6.32. The third-order valence-electron chi connectivity index (χ3n) is 2.94. The van der Waals surface area contributed by atoms with E-state index in [-0.39, 0.29) is 29.5 Å². The van der Waals surface area contributed by atoms with Crippen LogP contribution in [0.25, 0.3) is 0 Å². The number of rotatable bonds is 3. The average molecular weight is 286 g/mol. The maximum atomic E-state index is 11.2. The molecule has 2 unspecified atom stereocenters. The van der Waals surface area contributed by atoms with Crippen LogP contribution >= 0.6 is 11.6 Å². The van der Waals surface area contributed by atoms with Gasteiger partial charge in [0.15, 0.2) is 6.29 Å². The molecular weight excluding hydrogens is 270 g/mol. The summed E-state index contributed by atoms with van der Waals surface area (Å²) in [6.45, 7) is 4.61. The number of anilines is 1. The first-order valence-corrected chi connectivity index (χ1v) is 6.43. The molecule has 19 heavy (non-hydrogen) atoms. The van der Waals surface area contributed by atoms with E-state index in [2.05, 4.69) is 9.97 Å². The van der Waals surface area contributed by atoms with Crippen LogP contribution in [0.2, 0.25) is 5.15 Å². The summed E-state index contributed by atoms with van der Waals surface area (Å²) in [5.74, 6) is 1.01. The maximum Gasteiger partial charge on any atom is 0.156 e. The fourth-order valence-electron chi connectivity index (χ4n) is 2.19. The zero-order chi connectivity index (χ0) is 14.0. The zero-order valence-electron chi connectivity index (χ0n) is 10.8. The lowest BCUT2D eigenvalue weighted by Crippen LogP contribution is -2.48. The molecule has 104 valence electrons. The molecule has 0 spiro atoms. The van der Waals surface area contributed by atoms with Gasteiger partial charge in [0.2, 0.25) is 0 Å². The third-order valence-corrected chi connectivity index (χ3v) is 3.23. The number of morpholine rings is 1. The normalized spacial score (nSPS) is 23.5. The molecule has 1 fully saturated rings. The van der Waals surface area contributed by atoms with Crippen molar-refractivity contribution >= 4 is 23.7 Å². The predicted molar refractivity (Wildman–Crippen MR) is 70.8 cm³/mol. The van der Waals surface area contributed by atoms with Crippen LogP contribution in [0, 0.1) is 6.92 Å². The van der Waals surface area contributed by atoms with Crippen molar-refractivity contribution < 1.29 is 14.6 Å². The Hall–Kier alpha value is -1.24. The summed E-state index contributed by atoms with van der Waals surface area (Å²) in [4.78, 5) is 21.3. The number of ether oxygens (including phenoxy) is 1. The molecular formula is C12H16ClN3O3. The van der Waals surface area contributed by atoms with Crippen LogP contribution in [0.5, 0.6) is 0 Å². The summed E-state index contributed by atoms with van der Waals surface area (Å²) in [7, 11) is 0. The number of hydrogen-bond donors (Lipinski definition) is 1. The van der Waals surface area contributed by atoms with Gasteiger partial charge < -0.3 is 14.7 Å². The molecule has 2 heterocycles. The number of carbonyl (C=O) groups is 1. The number of aliphatic hydroxyl groups excluding tert-OH is 1. The second-order valence-corrected chi connectivity index (χ2v) is 4.93. The average Bonchev–Trinajstić information content (AvgIpc) is 2.37. The molecule has 1 aliphatic rings. The molecule has 1 saturated heterocycles. The van der Waals surface area contributed by atoms with Crippen LogP contribution < -0.4 is 4.90 Å². The van der Waals surface area contributed by atoms with Gasteiger partial charge in [0.25, 0.3) is 0 Å². The Labute approximate surface area is 116 Å². The van der Waals surface area contributed by atoms with Crippen LogP contribution in [0.1, 0.15) is 23.1 Å². The number of halogens is 1. The number of carbonyl (C=O) groups excluding carboxylic acids is 1. The van der Waals surface area contributed by atoms with E-state index in [0.717, 1.165) is 0 Å². The Balaban J connectivity index is 2.37. The van der Waals surface area contributed by atoms with E-state index in [0.29, 0.717) is 31.0 Å². The van der Waals surface area contributed by atoms with Gasteiger partial charge in [0.1, 0.15) is 16.8 Å². The van der Waals surface area contributed by atoms with Crippen molar-refractivity contribution in [3.8, 4) is 0 Å². The topological polar surface area (TPSA) is 75.6 Å². The summed E-state index contributed by atoms with van der Waals surface area (Å²) in [5.41, 5.74) is 0.276. The van der Waals surface area contributed by atoms with E-state index in [9.17, 15) is 9.90 Å². The van der Waals surface area contributed by atoms with Crippen molar-refractivity contribution in [1.82, 2.24) is 9.97 Å². The van der Waals surface area contributed by atoms with E-state index < -0.39 is 0 Å². The van der Waals surface area contributed by atoms with Crippen LogP contribution in [0.4, 0.5) is 5.82 Å². The Morgan fingerprint density at radius 2 is 2.26 bits per heavy atom. The second kappa shape index (κ2) is 5.81. The summed E-state index contributed by atoms with van der Waals surface area (Å²) in [6.07, 6.45) is 0.308. The molecule has 0 radical (unpaired) electrons. The van der Waals surface area contributed by atoms with Crippen molar-refractivity contribution in [3.05, 3.63) is 16.5 Å². The molecule has 0 saturated carbocycles. The van der Waals surface area contributed by atoms with E-state index in [1.807, 2.05) is 11.8 Å². The largest absolute Gasteiger partial charge is 0.394 e. The fraction of sp³-hybridized carbons (Fsp3) is 0.583.